The van der Waals surface area contributed by atoms with Crippen LogP contribution in [0.3, 0.4) is 0 Å². The fourth-order valence-corrected chi connectivity index (χ4v) is 1.82. The Morgan fingerprint density at radius 1 is 1.18 bits per heavy atom. The number of rotatable bonds is 3. The van der Waals surface area contributed by atoms with Crippen LogP contribution in [0.1, 0.15) is 5.56 Å². The topological polar surface area (TPSA) is 55.5 Å². The van der Waals surface area contributed by atoms with Gasteiger partial charge >= 0.3 is 0 Å². The normalized spacial score (nSPS) is 10.2. The van der Waals surface area contributed by atoms with Gasteiger partial charge in [-0.1, -0.05) is 12.1 Å². The van der Waals surface area contributed by atoms with Crippen LogP contribution in [0.25, 0.3) is 0 Å². The summed E-state index contributed by atoms with van der Waals surface area (Å²) in [5.41, 5.74) is 6.79. The summed E-state index contributed by atoms with van der Waals surface area (Å²) in [7, 11) is 0. The average molecular weight is 294 g/mol. The summed E-state index contributed by atoms with van der Waals surface area (Å²) < 4.78 is 6.48. The summed E-state index contributed by atoms with van der Waals surface area (Å²) in [5, 5.41) is 9.67. The van der Waals surface area contributed by atoms with Crippen molar-refractivity contribution in [3.05, 3.63) is 52.5 Å². The number of hydrogen-bond acceptors (Lipinski definition) is 3. The monoisotopic (exact) mass is 293 g/mol. The summed E-state index contributed by atoms with van der Waals surface area (Å²) >= 11 is 3.39. The molecule has 0 heterocycles. The van der Waals surface area contributed by atoms with Crippen molar-refractivity contribution >= 4 is 21.6 Å². The van der Waals surface area contributed by atoms with Crippen molar-refractivity contribution in [2.75, 3.05) is 5.73 Å². The van der Waals surface area contributed by atoms with Gasteiger partial charge in [-0.05, 0) is 40.2 Å². The number of phenolic OH excluding ortho intramolecular Hbond substituents is 1. The molecule has 0 bridgehead atoms. The summed E-state index contributed by atoms with van der Waals surface area (Å²) in [6, 6.07) is 12.6. The Hall–Kier alpha value is -1.68. The molecule has 88 valence electrons. The van der Waals surface area contributed by atoms with Gasteiger partial charge in [-0.15, -0.1) is 0 Å². The van der Waals surface area contributed by atoms with Gasteiger partial charge in [-0.2, -0.15) is 0 Å². The van der Waals surface area contributed by atoms with Gasteiger partial charge in [0.05, 0.1) is 4.47 Å². The van der Waals surface area contributed by atoms with Gasteiger partial charge < -0.3 is 15.6 Å². The molecule has 2 aromatic rings. The first-order chi connectivity index (χ1) is 8.16. The smallest absolute Gasteiger partial charge is 0.133 e. The molecule has 3 nitrogen and oxygen atoms in total. The number of phenols is 1. The van der Waals surface area contributed by atoms with Gasteiger partial charge in [0.2, 0.25) is 0 Å². The average Bonchev–Trinajstić information content (AvgIpc) is 2.30. The first-order valence-corrected chi connectivity index (χ1v) is 5.91. The minimum Gasteiger partial charge on any atom is -0.507 e. The molecule has 4 heteroatoms. The van der Waals surface area contributed by atoms with E-state index in [9.17, 15) is 5.11 Å². The fraction of sp³-hybridized carbons (Fsp3) is 0.0769. The minimum atomic E-state index is 0.150. The molecule has 0 unspecified atom stereocenters. The van der Waals surface area contributed by atoms with Crippen molar-refractivity contribution in [2.45, 2.75) is 6.61 Å². The molecule has 0 fully saturated rings. The molecule has 0 amide bonds. The van der Waals surface area contributed by atoms with Crippen molar-refractivity contribution in [3.63, 3.8) is 0 Å². The highest BCUT2D eigenvalue weighted by molar-refractivity contribution is 9.10. The highest BCUT2D eigenvalue weighted by Gasteiger charge is 2.04. The van der Waals surface area contributed by atoms with E-state index in [1.807, 2.05) is 24.3 Å². The fourth-order valence-electron chi connectivity index (χ4n) is 1.42. The maximum Gasteiger partial charge on any atom is 0.133 e. The maximum absolute atomic E-state index is 9.67. The molecule has 17 heavy (non-hydrogen) atoms. The Balaban J connectivity index is 2.10. The number of anilines is 1. The van der Waals surface area contributed by atoms with Gasteiger partial charge in [-0.25, -0.2) is 0 Å². The Morgan fingerprint density at radius 3 is 2.65 bits per heavy atom. The Morgan fingerprint density at radius 2 is 1.94 bits per heavy atom. The second kappa shape index (κ2) is 5.10. The predicted octanol–water partition coefficient (Wildman–Crippen LogP) is 3.32. The third-order valence-corrected chi connectivity index (χ3v) is 2.98. The zero-order valence-corrected chi connectivity index (χ0v) is 10.6. The van der Waals surface area contributed by atoms with E-state index in [1.54, 1.807) is 12.1 Å². The Kier molecular flexibility index (Phi) is 3.54. The molecule has 0 aliphatic heterocycles. The van der Waals surface area contributed by atoms with Gasteiger partial charge in [0.25, 0.3) is 0 Å². The number of para-hydroxylation sites is 1. The van der Waals surface area contributed by atoms with Crippen LogP contribution in [0, 0.1) is 0 Å². The van der Waals surface area contributed by atoms with Gasteiger partial charge in [0.1, 0.15) is 18.1 Å². The Labute approximate surface area is 108 Å². The summed E-state index contributed by atoms with van der Waals surface area (Å²) in [6.07, 6.45) is 0. The zero-order valence-electron chi connectivity index (χ0n) is 9.06. The lowest BCUT2D eigenvalue weighted by Gasteiger charge is -2.09. The van der Waals surface area contributed by atoms with Crippen molar-refractivity contribution in [3.8, 4) is 11.5 Å². The van der Waals surface area contributed by atoms with Crippen molar-refractivity contribution < 1.29 is 9.84 Å². The minimum absolute atomic E-state index is 0.150. The summed E-state index contributed by atoms with van der Waals surface area (Å²) in [4.78, 5) is 0. The molecule has 0 saturated carbocycles. The first kappa shape index (κ1) is 11.8. The van der Waals surface area contributed by atoms with Crippen molar-refractivity contribution in [1.29, 1.82) is 0 Å². The van der Waals surface area contributed by atoms with Crippen LogP contribution in [-0.4, -0.2) is 5.11 Å². The third-order valence-electron chi connectivity index (χ3n) is 2.33. The lowest BCUT2D eigenvalue weighted by atomic mass is 10.2. The molecule has 0 aliphatic carbocycles. The molecule has 0 spiro atoms. The number of ether oxygens (including phenoxy) is 1. The van der Waals surface area contributed by atoms with E-state index in [2.05, 4.69) is 15.9 Å². The molecular formula is C13H12BrNO2. The Bertz CT molecular complexity index is 529. The molecule has 0 radical (unpaired) electrons. The quantitative estimate of drug-likeness (QED) is 0.854. The standard InChI is InChI=1S/C13H12BrNO2/c14-11-3-1-2-4-13(11)17-8-9-5-6-10(15)7-12(9)16/h1-7,16H,8,15H2. The summed E-state index contributed by atoms with van der Waals surface area (Å²) in [6.45, 7) is 0.300. The lowest BCUT2D eigenvalue weighted by molar-refractivity contribution is 0.297. The maximum atomic E-state index is 9.67. The molecule has 0 aliphatic rings. The van der Waals surface area contributed by atoms with Crippen LogP contribution in [0.4, 0.5) is 5.69 Å². The number of halogens is 1. The van der Waals surface area contributed by atoms with Gasteiger partial charge in [0, 0.05) is 17.3 Å². The van der Waals surface area contributed by atoms with Crippen LogP contribution in [0.2, 0.25) is 0 Å². The molecule has 2 aromatic carbocycles. The number of hydrogen-bond donors (Lipinski definition) is 2. The van der Waals surface area contributed by atoms with Gasteiger partial charge in [-0.3, -0.25) is 0 Å². The van der Waals surface area contributed by atoms with Crippen molar-refractivity contribution in [2.24, 2.45) is 0 Å². The largest absolute Gasteiger partial charge is 0.507 e. The van der Waals surface area contributed by atoms with Crippen LogP contribution in [-0.2, 0) is 6.61 Å². The highest BCUT2D eigenvalue weighted by Crippen LogP contribution is 2.26. The van der Waals surface area contributed by atoms with E-state index < -0.39 is 0 Å². The first-order valence-electron chi connectivity index (χ1n) is 5.11. The van der Waals surface area contributed by atoms with E-state index in [0.717, 1.165) is 10.2 Å². The van der Waals surface area contributed by atoms with Crippen molar-refractivity contribution in [1.82, 2.24) is 0 Å². The second-order valence-corrected chi connectivity index (χ2v) is 4.46. The number of nitrogens with two attached hydrogens (primary N) is 1. The molecule has 0 aromatic heterocycles. The molecular weight excluding hydrogens is 282 g/mol. The van der Waals surface area contributed by atoms with E-state index in [4.69, 9.17) is 10.5 Å². The number of benzene rings is 2. The molecule has 0 atom stereocenters. The highest BCUT2D eigenvalue weighted by atomic mass is 79.9. The van der Waals surface area contributed by atoms with E-state index >= 15 is 0 Å². The van der Waals surface area contributed by atoms with Crippen LogP contribution in [0.15, 0.2) is 46.9 Å². The van der Waals surface area contributed by atoms with Crippen LogP contribution in [0.5, 0.6) is 11.5 Å². The number of nitrogen functional groups attached to an aromatic ring is 1. The molecule has 0 saturated heterocycles. The summed E-state index contributed by atoms with van der Waals surface area (Å²) in [5.74, 6) is 0.890. The van der Waals surface area contributed by atoms with Crippen LogP contribution < -0.4 is 10.5 Å². The third kappa shape index (κ3) is 2.91. The van der Waals surface area contributed by atoms with Gasteiger partial charge in [0.15, 0.2) is 0 Å². The predicted molar refractivity (Wildman–Crippen MR) is 71.0 cm³/mol. The van der Waals surface area contributed by atoms with Crippen LogP contribution >= 0.6 is 15.9 Å². The van der Waals surface area contributed by atoms with E-state index in [0.29, 0.717) is 17.9 Å². The zero-order chi connectivity index (χ0) is 12.3. The SMILES string of the molecule is Nc1ccc(COc2ccccc2Br)c(O)c1. The molecule has 3 N–H and O–H groups in total. The van der Waals surface area contributed by atoms with E-state index in [-0.39, 0.29) is 5.75 Å². The lowest BCUT2D eigenvalue weighted by Crippen LogP contribution is -1.97. The second-order valence-electron chi connectivity index (χ2n) is 3.61. The van der Waals surface area contributed by atoms with E-state index in [1.165, 1.54) is 6.07 Å². The molecule has 2 rings (SSSR count). The number of aromatic hydroxyl groups is 1.